The predicted octanol–water partition coefficient (Wildman–Crippen LogP) is 2.41. The van der Waals surface area contributed by atoms with E-state index in [-0.39, 0.29) is 11.4 Å². The molecule has 0 bridgehead atoms. The summed E-state index contributed by atoms with van der Waals surface area (Å²) in [6, 6.07) is 5.01. The first-order valence-corrected chi connectivity index (χ1v) is 6.31. The summed E-state index contributed by atoms with van der Waals surface area (Å²) in [5.41, 5.74) is 6.98. The third kappa shape index (κ3) is 2.98. The highest BCUT2D eigenvalue weighted by atomic mass is 16.6. The van der Waals surface area contributed by atoms with Crippen molar-refractivity contribution in [2.24, 2.45) is 5.92 Å². The number of hydrogen-bond acceptors (Lipinski definition) is 4. The molecule has 1 fully saturated rings. The Morgan fingerprint density at radius 3 is 2.67 bits per heavy atom. The lowest BCUT2D eigenvalue weighted by Crippen LogP contribution is -2.32. The lowest BCUT2D eigenvalue weighted by atomic mass is 9.99. The van der Waals surface area contributed by atoms with Crippen LogP contribution in [0.15, 0.2) is 18.2 Å². The average Bonchev–Trinajstić information content (AvgIpc) is 2.32. The monoisotopic (exact) mass is 249 g/mol. The van der Waals surface area contributed by atoms with E-state index in [1.165, 1.54) is 18.9 Å². The lowest BCUT2D eigenvalue weighted by Gasteiger charge is -2.30. The molecule has 0 radical (unpaired) electrons. The summed E-state index contributed by atoms with van der Waals surface area (Å²) in [6.07, 6.45) is 2.45. The molecule has 1 heterocycles. The second-order valence-corrected chi connectivity index (χ2v) is 5.11. The molecule has 0 saturated carbocycles. The van der Waals surface area contributed by atoms with Crippen LogP contribution in [0.3, 0.4) is 0 Å². The van der Waals surface area contributed by atoms with Gasteiger partial charge in [-0.25, -0.2) is 0 Å². The zero-order valence-electron chi connectivity index (χ0n) is 10.6. The minimum atomic E-state index is -0.443. The van der Waals surface area contributed by atoms with Crippen molar-refractivity contribution in [1.29, 1.82) is 0 Å². The molecule has 1 aliphatic rings. The quantitative estimate of drug-likeness (QED) is 0.507. The Morgan fingerprint density at radius 2 is 2.11 bits per heavy atom. The topological polar surface area (TPSA) is 72.4 Å². The fraction of sp³-hybridized carbons (Fsp3) is 0.538. The Kier molecular flexibility index (Phi) is 3.81. The van der Waals surface area contributed by atoms with Crippen LogP contribution in [0.1, 0.15) is 25.3 Å². The second-order valence-electron chi connectivity index (χ2n) is 5.11. The van der Waals surface area contributed by atoms with E-state index in [4.69, 9.17) is 5.73 Å². The summed E-state index contributed by atoms with van der Waals surface area (Å²) >= 11 is 0. The maximum atomic E-state index is 10.7. The second kappa shape index (κ2) is 5.35. The number of benzene rings is 1. The van der Waals surface area contributed by atoms with Crippen LogP contribution < -0.4 is 5.73 Å². The number of anilines is 1. The van der Waals surface area contributed by atoms with Gasteiger partial charge in [-0.2, -0.15) is 0 Å². The number of nitro benzene ring substituents is 1. The van der Waals surface area contributed by atoms with Crippen LogP contribution >= 0.6 is 0 Å². The maximum Gasteiger partial charge on any atom is 0.292 e. The molecule has 0 unspecified atom stereocenters. The van der Waals surface area contributed by atoms with Crippen molar-refractivity contribution in [2.75, 3.05) is 18.8 Å². The van der Waals surface area contributed by atoms with E-state index in [2.05, 4.69) is 11.8 Å². The molecule has 1 aromatic carbocycles. The maximum absolute atomic E-state index is 10.7. The molecule has 0 aromatic heterocycles. The van der Waals surface area contributed by atoms with Gasteiger partial charge in [0.25, 0.3) is 5.69 Å². The van der Waals surface area contributed by atoms with E-state index in [0.717, 1.165) is 31.1 Å². The van der Waals surface area contributed by atoms with Crippen molar-refractivity contribution >= 4 is 11.4 Å². The first kappa shape index (κ1) is 12.8. The number of piperidine rings is 1. The van der Waals surface area contributed by atoms with Crippen molar-refractivity contribution in [2.45, 2.75) is 26.3 Å². The SMILES string of the molecule is CC1CCN(Cc2ccc([N+](=O)[O-])c(N)c2)CC1. The minimum Gasteiger partial charge on any atom is -0.393 e. The molecule has 18 heavy (non-hydrogen) atoms. The smallest absolute Gasteiger partial charge is 0.292 e. The van der Waals surface area contributed by atoms with Crippen LogP contribution in [0.4, 0.5) is 11.4 Å². The number of nitro groups is 1. The molecule has 0 amide bonds. The van der Waals surface area contributed by atoms with Crippen LogP contribution in [0.2, 0.25) is 0 Å². The van der Waals surface area contributed by atoms with Crippen LogP contribution in [0.25, 0.3) is 0 Å². The van der Waals surface area contributed by atoms with Gasteiger partial charge in [-0.3, -0.25) is 15.0 Å². The first-order chi connectivity index (χ1) is 8.56. The third-order valence-electron chi connectivity index (χ3n) is 3.57. The molecule has 0 atom stereocenters. The lowest BCUT2D eigenvalue weighted by molar-refractivity contribution is -0.383. The number of rotatable bonds is 3. The summed E-state index contributed by atoms with van der Waals surface area (Å²) in [4.78, 5) is 12.6. The summed E-state index contributed by atoms with van der Waals surface area (Å²) in [5.74, 6) is 0.809. The molecular weight excluding hydrogens is 230 g/mol. The Bertz CT molecular complexity index is 440. The van der Waals surface area contributed by atoms with E-state index in [0.29, 0.717) is 0 Å². The van der Waals surface area contributed by atoms with E-state index in [1.807, 2.05) is 0 Å². The molecule has 1 aliphatic heterocycles. The summed E-state index contributed by atoms with van der Waals surface area (Å²) in [7, 11) is 0. The Hall–Kier alpha value is -1.62. The molecular formula is C13H19N3O2. The van der Waals surface area contributed by atoms with Gasteiger partial charge in [0.2, 0.25) is 0 Å². The molecule has 2 rings (SSSR count). The van der Waals surface area contributed by atoms with Crippen molar-refractivity contribution in [1.82, 2.24) is 4.90 Å². The highest BCUT2D eigenvalue weighted by Gasteiger charge is 2.17. The molecule has 2 N–H and O–H groups in total. The van der Waals surface area contributed by atoms with Crippen LogP contribution in [-0.4, -0.2) is 22.9 Å². The Labute approximate surface area is 107 Å². The number of nitrogens with zero attached hydrogens (tertiary/aromatic N) is 2. The third-order valence-corrected chi connectivity index (χ3v) is 3.57. The predicted molar refractivity (Wildman–Crippen MR) is 71.2 cm³/mol. The van der Waals surface area contributed by atoms with Crippen molar-refractivity contribution in [3.8, 4) is 0 Å². The van der Waals surface area contributed by atoms with Gasteiger partial charge in [0.05, 0.1) is 4.92 Å². The highest BCUT2D eigenvalue weighted by Crippen LogP contribution is 2.24. The fourth-order valence-electron chi connectivity index (χ4n) is 2.35. The van der Waals surface area contributed by atoms with Gasteiger partial charge in [0, 0.05) is 12.6 Å². The largest absolute Gasteiger partial charge is 0.393 e. The summed E-state index contributed by atoms with van der Waals surface area (Å²) in [6.45, 7) is 5.30. The number of hydrogen-bond donors (Lipinski definition) is 1. The van der Waals surface area contributed by atoms with Gasteiger partial charge in [0.15, 0.2) is 0 Å². The van der Waals surface area contributed by atoms with E-state index in [9.17, 15) is 10.1 Å². The standard InChI is InChI=1S/C13H19N3O2/c1-10-4-6-15(7-5-10)9-11-2-3-13(16(17)18)12(14)8-11/h2-3,8,10H,4-7,9,14H2,1H3. The van der Waals surface area contributed by atoms with E-state index < -0.39 is 4.92 Å². The molecule has 5 heteroatoms. The molecule has 98 valence electrons. The number of nitrogens with two attached hydrogens (primary N) is 1. The molecule has 5 nitrogen and oxygen atoms in total. The van der Waals surface area contributed by atoms with Gasteiger partial charge >= 0.3 is 0 Å². The van der Waals surface area contributed by atoms with E-state index in [1.54, 1.807) is 12.1 Å². The van der Waals surface area contributed by atoms with Crippen molar-refractivity contribution in [3.05, 3.63) is 33.9 Å². The molecule has 1 aromatic rings. The zero-order valence-corrected chi connectivity index (χ0v) is 10.6. The van der Waals surface area contributed by atoms with Crippen LogP contribution in [0.5, 0.6) is 0 Å². The van der Waals surface area contributed by atoms with Gasteiger partial charge in [0.1, 0.15) is 5.69 Å². The first-order valence-electron chi connectivity index (χ1n) is 6.31. The highest BCUT2D eigenvalue weighted by molar-refractivity contribution is 5.59. The summed E-state index contributed by atoms with van der Waals surface area (Å²) < 4.78 is 0. The van der Waals surface area contributed by atoms with Gasteiger partial charge < -0.3 is 5.73 Å². The van der Waals surface area contributed by atoms with E-state index >= 15 is 0 Å². The van der Waals surface area contributed by atoms with Gasteiger partial charge in [-0.05, 0) is 43.5 Å². The summed E-state index contributed by atoms with van der Waals surface area (Å²) in [5, 5.41) is 10.7. The normalized spacial score (nSPS) is 17.8. The number of nitrogen functional groups attached to an aromatic ring is 1. The van der Waals surface area contributed by atoms with Gasteiger partial charge in [-0.1, -0.05) is 13.0 Å². The molecule has 1 saturated heterocycles. The van der Waals surface area contributed by atoms with Crippen LogP contribution in [-0.2, 0) is 6.54 Å². The molecule has 0 aliphatic carbocycles. The van der Waals surface area contributed by atoms with Crippen molar-refractivity contribution < 1.29 is 4.92 Å². The van der Waals surface area contributed by atoms with Crippen molar-refractivity contribution in [3.63, 3.8) is 0 Å². The minimum absolute atomic E-state index is 0.00832. The fourth-order valence-corrected chi connectivity index (χ4v) is 2.35. The Balaban J connectivity index is 2.02. The Morgan fingerprint density at radius 1 is 1.44 bits per heavy atom. The average molecular weight is 249 g/mol. The van der Waals surface area contributed by atoms with Crippen LogP contribution in [0, 0.1) is 16.0 Å². The van der Waals surface area contributed by atoms with Gasteiger partial charge in [-0.15, -0.1) is 0 Å². The molecule has 0 spiro atoms. The zero-order chi connectivity index (χ0) is 13.1. The number of likely N-dealkylation sites (tertiary alicyclic amines) is 1.